The van der Waals surface area contributed by atoms with E-state index in [0.717, 1.165) is 17.7 Å². The molecule has 0 aliphatic carbocycles. The number of hydrogen-bond acceptors (Lipinski definition) is 3. The van der Waals surface area contributed by atoms with E-state index in [0.29, 0.717) is 17.8 Å². The van der Waals surface area contributed by atoms with Crippen molar-refractivity contribution in [3.63, 3.8) is 0 Å². The van der Waals surface area contributed by atoms with Crippen molar-refractivity contribution in [2.24, 2.45) is 0 Å². The highest BCUT2D eigenvalue weighted by Gasteiger charge is 2.28. The Morgan fingerprint density at radius 3 is 2.61 bits per heavy atom. The van der Waals surface area contributed by atoms with Crippen molar-refractivity contribution in [1.82, 2.24) is 0 Å². The van der Waals surface area contributed by atoms with E-state index in [1.807, 2.05) is 24.3 Å². The van der Waals surface area contributed by atoms with Gasteiger partial charge >= 0.3 is 11.8 Å². The van der Waals surface area contributed by atoms with Crippen LogP contribution in [0.5, 0.6) is 0 Å². The highest BCUT2D eigenvalue weighted by molar-refractivity contribution is 6.44. The van der Waals surface area contributed by atoms with Crippen LogP contribution in [0.2, 0.25) is 0 Å². The predicted molar refractivity (Wildman–Crippen MR) is 87.6 cm³/mol. The van der Waals surface area contributed by atoms with Crippen LogP contribution in [0, 0.1) is 0 Å². The Balaban J connectivity index is 1.75. The summed E-state index contributed by atoms with van der Waals surface area (Å²) in [5.74, 6) is -1.40. The molecule has 23 heavy (non-hydrogen) atoms. The summed E-state index contributed by atoms with van der Waals surface area (Å²) in [7, 11) is 0. The maximum Gasteiger partial charge on any atom is 0.316 e. The Hall–Kier alpha value is -2.95. The van der Waals surface area contributed by atoms with Gasteiger partial charge in [0.1, 0.15) is 0 Å². The molecular weight excluding hydrogens is 292 g/mol. The first-order chi connectivity index (χ1) is 11.1. The summed E-state index contributed by atoms with van der Waals surface area (Å²) in [6.45, 7) is 1.95. The minimum absolute atomic E-state index is 0.0964. The van der Waals surface area contributed by atoms with Crippen molar-refractivity contribution in [3.05, 3.63) is 59.7 Å². The maximum atomic E-state index is 12.4. The number of carbonyl (C=O) groups is 3. The fourth-order valence-electron chi connectivity index (χ4n) is 2.67. The van der Waals surface area contributed by atoms with Crippen LogP contribution in [-0.4, -0.2) is 24.1 Å². The number of fused-ring (bicyclic) bond motifs is 1. The van der Waals surface area contributed by atoms with Crippen LogP contribution >= 0.6 is 0 Å². The first-order valence-corrected chi connectivity index (χ1v) is 7.38. The number of Topliss-reactive ketones (excluding diaryl/α,β-unsaturated/α-hetero) is 1. The van der Waals surface area contributed by atoms with E-state index in [9.17, 15) is 14.4 Å². The summed E-state index contributed by atoms with van der Waals surface area (Å²) >= 11 is 0. The van der Waals surface area contributed by atoms with Gasteiger partial charge in [-0.25, -0.2) is 0 Å². The maximum absolute atomic E-state index is 12.4. The highest BCUT2D eigenvalue weighted by atomic mass is 16.2. The standard InChI is InChI=1S/C18H16N2O3/c1-12(21)14-6-4-7-15(11-14)19-17(22)18(23)20-10-9-13-5-2-3-8-16(13)20/h2-8,11H,9-10H2,1H3,(H,19,22). The lowest BCUT2D eigenvalue weighted by atomic mass is 10.1. The molecule has 1 N–H and O–H groups in total. The molecule has 0 saturated carbocycles. The summed E-state index contributed by atoms with van der Waals surface area (Å²) < 4.78 is 0. The molecule has 2 amide bonds. The molecule has 2 aromatic carbocycles. The molecule has 1 heterocycles. The molecule has 0 bridgehead atoms. The van der Waals surface area contributed by atoms with E-state index in [1.165, 1.54) is 11.8 Å². The lowest BCUT2D eigenvalue weighted by molar-refractivity contribution is -0.134. The average Bonchev–Trinajstić information content (AvgIpc) is 2.98. The Bertz CT molecular complexity index is 798. The quantitative estimate of drug-likeness (QED) is 0.684. The lowest BCUT2D eigenvalue weighted by Crippen LogP contribution is -2.38. The Morgan fingerprint density at radius 2 is 1.83 bits per heavy atom. The molecule has 0 spiro atoms. The van der Waals surface area contributed by atoms with Crippen LogP contribution in [0.15, 0.2) is 48.5 Å². The Morgan fingerprint density at radius 1 is 1.04 bits per heavy atom. The fourth-order valence-corrected chi connectivity index (χ4v) is 2.67. The van der Waals surface area contributed by atoms with Crippen molar-refractivity contribution < 1.29 is 14.4 Å². The van der Waals surface area contributed by atoms with Crippen LogP contribution in [0.25, 0.3) is 0 Å². The molecule has 0 saturated heterocycles. The topological polar surface area (TPSA) is 66.5 Å². The van der Waals surface area contributed by atoms with Gasteiger partial charge in [0.25, 0.3) is 0 Å². The van der Waals surface area contributed by atoms with E-state index in [4.69, 9.17) is 0 Å². The third kappa shape index (κ3) is 2.99. The second-order valence-electron chi connectivity index (χ2n) is 5.43. The molecule has 5 heteroatoms. The molecule has 0 aromatic heterocycles. The summed E-state index contributed by atoms with van der Waals surface area (Å²) in [4.78, 5) is 37.4. The summed E-state index contributed by atoms with van der Waals surface area (Å²) in [5, 5.41) is 2.56. The van der Waals surface area contributed by atoms with E-state index in [2.05, 4.69) is 5.32 Å². The van der Waals surface area contributed by atoms with E-state index in [1.54, 1.807) is 24.3 Å². The Kier molecular flexibility index (Phi) is 3.93. The molecule has 2 aromatic rings. The smallest absolute Gasteiger partial charge is 0.316 e. The second kappa shape index (κ2) is 6.04. The first-order valence-electron chi connectivity index (χ1n) is 7.38. The zero-order valence-electron chi connectivity index (χ0n) is 12.7. The predicted octanol–water partition coefficient (Wildman–Crippen LogP) is 2.42. The number of para-hydroxylation sites is 1. The summed E-state index contributed by atoms with van der Waals surface area (Å²) in [6.07, 6.45) is 0.745. The second-order valence-corrected chi connectivity index (χ2v) is 5.43. The minimum atomic E-state index is -0.706. The normalized spacial score (nSPS) is 12.7. The van der Waals surface area contributed by atoms with E-state index in [-0.39, 0.29) is 5.78 Å². The fraction of sp³-hybridized carbons (Fsp3) is 0.167. The third-order valence-electron chi connectivity index (χ3n) is 3.85. The van der Waals surface area contributed by atoms with Gasteiger partial charge < -0.3 is 10.2 Å². The van der Waals surface area contributed by atoms with Gasteiger partial charge in [-0.1, -0.05) is 30.3 Å². The molecular formula is C18H16N2O3. The van der Waals surface area contributed by atoms with Gasteiger partial charge in [0.05, 0.1) is 0 Å². The van der Waals surface area contributed by atoms with Crippen molar-refractivity contribution >= 4 is 29.0 Å². The zero-order chi connectivity index (χ0) is 16.4. The Labute approximate surface area is 133 Å². The van der Waals surface area contributed by atoms with Gasteiger partial charge in [-0.3, -0.25) is 14.4 Å². The van der Waals surface area contributed by atoms with Crippen LogP contribution in [0.4, 0.5) is 11.4 Å². The van der Waals surface area contributed by atoms with Gasteiger partial charge in [-0.15, -0.1) is 0 Å². The number of amides is 2. The number of ketones is 1. The molecule has 3 rings (SSSR count). The molecule has 1 aliphatic rings. The van der Waals surface area contributed by atoms with Crippen molar-refractivity contribution in [1.29, 1.82) is 0 Å². The van der Waals surface area contributed by atoms with Crippen LogP contribution in [0.1, 0.15) is 22.8 Å². The number of carbonyl (C=O) groups excluding carboxylic acids is 3. The molecule has 116 valence electrons. The van der Waals surface area contributed by atoms with Crippen LogP contribution in [-0.2, 0) is 16.0 Å². The molecule has 0 radical (unpaired) electrons. The number of benzene rings is 2. The number of rotatable bonds is 2. The first kappa shape index (κ1) is 15.0. The SMILES string of the molecule is CC(=O)c1cccc(NC(=O)C(=O)N2CCc3ccccc32)c1. The summed E-state index contributed by atoms with van der Waals surface area (Å²) in [5.41, 5.74) is 2.77. The summed E-state index contributed by atoms with van der Waals surface area (Å²) in [6, 6.07) is 14.1. The minimum Gasteiger partial charge on any atom is -0.318 e. The third-order valence-corrected chi connectivity index (χ3v) is 3.85. The lowest BCUT2D eigenvalue weighted by Gasteiger charge is -2.16. The van der Waals surface area contributed by atoms with Gasteiger partial charge in [-0.2, -0.15) is 0 Å². The molecule has 5 nitrogen and oxygen atoms in total. The van der Waals surface area contributed by atoms with Crippen molar-refractivity contribution in [2.45, 2.75) is 13.3 Å². The molecule has 0 unspecified atom stereocenters. The zero-order valence-corrected chi connectivity index (χ0v) is 12.7. The largest absolute Gasteiger partial charge is 0.318 e. The van der Waals surface area contributed by atoms with Gasteiger partial charge in [0.15, 0.2) is 5.78 Å². The molecule has 0 atom stereocenters. The monoisotopic (exact) mass is 308 g/mol. The van der Waals surface area contributed by atoms with Gasteiger partial charge in [0, 0.05) is 23.5 Å². The van der Waals surface area contributed by atoms with Crippen LogP contribution < -0.4 is 10.2 Å². The molecule has 1 aliphatic heterocycles. The highest BCUT2D eigenvalue weighted by Crippen LogP contribution is 2.27. The van der Waals surface area contributed by atoms with Gasteiger partial charge in [-0.05, 0) is 37.1 Å². The number of nitrogens with zero attached hydrogens (tertiary/aromatic N) is 1. The van der Waals surface area contributed by atoms with Gasteiger partial charge in [0.2, 0.25) is 0 Å². The van der Waals surface area contributed by atoms with Crippen molar-refractivity contribution in [2.75, 3.05) is 16.8 Å². The average molecular weight is 308 g/mol. The van der Waals surface area contributed by atoms with E-state index < -0.39 is 11.8 Å². The van der Waals surface area contributed by atoms with E-state index >= 15 is 0 Å². The number of nitrogens with one attached hydrogen (secondary N) is 1. The van der Waals surface area contributed by atoms with Crippen LogP contribution in [0.3, 0.4) is 0 Å². The molecule has 0 fully saturated rings. The number of anilines is 2. The number of hydrogen-bond donors (Lipinski definition) is 1. The van der Waals surface area contributed by atoms with Crippen molar-refractivity contribution in [3.8, 4) is 0 Å².